The van der Waals surface area contributed by atoms with E-state index >= 15 is 0 Å². The first-order valence-corrected chi connectivity index (χ1v) is 11.4. The number of carbonyl (C=O) groups is 2. The molecule has 2 aromatic rings. The zero-order chi connectivity index (χ0) is 24.1. The fourth-order valence-electron chi connectivity index (χ4n) is 4.10. The molecule has 1 aliphatic heterocycles. The first-order chi connectivity index (χ1) is 15.8. The summed E-state index contributed by atoms with van der Waals surface area (Å²) in [5.41, 5.74) is 1.16. The smallest absolute Gasteiger partial charge is 0.255 e. The van der Waals surface area contributed by atoms with E-state index < -0.39 is 5.92 Å². The van der Waals surface area contributed by atoms with E-state index in [0.717, 1.165) is 12.0 Å². The average molecular weight is 495 g/mol. The minimum atomic E-state index is -0.450. The van der Waals surface area contributed by atoms with Crippen LogP contribution < -0.4 is 19.5 Å². The summed E-state index contributed by atoms with van der Waals surface area (Å²) < 4.78 is 16.4. The van der Waals surface area contributed by atoms with Gasteiger partial charge in [-0.3, -0.25) is 9.59 Å². The second-order valence-corrected chi connectivity index (χ2v) is 8.64. The summed E-state index contributed by atoms with van der Waals surface area (Å²) in [5, 5.41) is 3.69. The van der Waals surface area contributed by atoms with E-state index in [1.165, 1.54) is 13.2 Å². The van der Waals surface area contributed by atoms with Crippen molar-refractivity contribution in [2.24, 2.45) is 5.92 Å². The second kappa shape index (κ2) is 11.0. The Morgan fingerprint density at radius 3 is 2.24 bits per heavy atom. The van der Waals surface area contributed by atoms with E-state index in [2.05, 4.69) is 5.32 Å². The van der Waals surface area contributed by atoms with Gasteiger partial charge in [0.25, 0.3) is 5.91 Å². The summed E-state index contributed by atoms with van der Waals surface area (Å²) in [4.78, 5) is 28.0. The zero-order valence-electron chi connectivity index (χ0n) is 19.1. The van der Waals surface area contributed by atoms with Crippen LogP contribution in [-0.2, 0) is 4.79 Å². The van der Waals surface area contributed by atoms with E-state index in [9.17, 15) is 9.59 Å². The van der Waals surface area contributed by atoms with Crippen molar-refractivity contribution in [3.05, 3.63) is 51.5 Å². The lowest BCUT2D eigenvalue weighted by atomic mass is 9.88. The average Bonchev–Trinajstić information content (AvgIpc) is 3.26. The molecular formula is C24H28Cl2N2O5. The van der Waals surface area contributed by atoms with Crippen LogP contribution in [0.4, 0.5) is 0 Å². The third-order valence-electron chi connectivity index (χ3n) is 5.77. The highest BCUT2D eigenvalue weighted by atomic mass is 35.5. The van der Waals surface area contributed by atoms with Crippen molar-refractivity contribution in [1.82, 2.24) is 10.2 Å². The Hall–Kier alpha value is -2.64. The molecule has 0 saturated carbocycles. The molecule has 1 N–H and O–H groups in total. The predicted molar refractivity (Wildman–Crippen MR) is 128 cm³/mol. The van der Waals surface area contributed by atoms with E-state index in [1.807, 2.05) is 19.1 Å². The molecule has 0 bridgehead atoms. The van der Waals surface area contributed by atoms with Crippen LogP contribution in [0.2, 0.25) is 10.0 Å². The monoisotopic (exact) mass is 494 g/mol. The van der Waals surface area contributed by atoms with Crippen LogP contribution in [0.3, 0.4) is 0 Å². The molecule has 0 spiro atoms. The van der Waals surface area contributed by atoms with Gasteiger partial charge in [0.05, 0.1) is 37.8 Å². The molecule has 0 radical (unpaired) electrons. The number of rotatable bonds is 8. The number of nitrogens with zero attached hydrogens (tertiary/aromatic N) is 1. The molecule has 1 fully saturated rings. The minimum Gasteiger partial charge on any atom is -0.493 e. The number of methoxy groups -OCH3 is 3. The molecule has 7 nitrogen and oxygen atoms in total. The van der Waals surface area contributed by atoms with Crippen molar-refractivity contribution < 1.29 is 23.8 Å². The summed E-state index contributed by atoms with van der Waals surface area (Å²) >= 11 is 12.3. The lowest BCUT2D eigenvalue weighted by Gasteiger charge is -2.21. The summed E-state index contributed by atoms with van der Waals surface area (Å²) in [7, 11) is 4.62. The fourth-order valence-corrected chi connectivity index (χ4v) is 4.59. The van der Waals surface area contributed by atoms with Crippen LogP contribution in [0.1, 0.15) is 35.2 Å². The first kappa shape index (κ1) is 25.0. The minimum absolute atomic E-state index is 0.104. The third-order valence-corrected chi connectivity index (χ3v) is 6.32. The largest absolute Gasteiger partial charge is 0.493 e. The Kier molecular flexibility index (Phi) is 8.32. The Morgan fingerprint density at radius 2 is 1.70 bits per heavy atom. The van der Waals surface area contributed by atoms with Crippen LogP contribution in [0.15, 0.2) is 30.3 Å². The molecule has 1 saturated heterocycles. The molecule has 33 heavy (non-hydrogen) atoms. The lowest BCUT2D eigenvalue weighted by Crippen LogP contribution is -2.36. The van der Waals surface area contributed by atoms with Gasteiger partial charge in [0.1, 0.15) is 0 Å². The molecule has 0 unspecified atom stereocenters. The Labute approximate surface area is 203 Å². The quantitative estimate of drug-likeness (QED) is 0.588. The topological polar surface area (TPSA) is 77.1 Å². The number of hydrogen-bond donors (Lipinski definition) is 1. The maximum absolute atomic E-state index is 13.3. The van der Waals surface area contributed by atoms with Gasteiger partial charge in [0.15, 0.2) is 11.5 Å². The van der Waals surface area contributed by atoms with Crippen molar-refractivity contribution in [3.63, 3.8) is 0 Å². The molecule has 3 rings (SSSR count). The van der Waals surface area contributed by atoms with Gasteiger partial charge >= 0.3 is 0 Å². The number of benzene rings is 2. The highest BCUT2D eigenvalue weighted by Crippen LogP contribution is 2.43. The molecule has 2 atom stereocenters. The van der Waals surface area contributed by atoms with Gasteiger partial charge in [-0.05, 0) is 42.3 Å². The summed E-state index contributed by atoms with van der Waals surface area (Å²) in [5.74, 6) is 0.373. The van der Waals surface area contributed by atoms with E-state index in [-0.39, 0.29) is 29.3 Å². The number of nitrogens with one attached hydrogen (secondary N) is 1. The molecule has 1 aliphatic rings. The summed E-state index contributed by atoms with van der Waals surface area (Å²) in [6.45, 7) is 3.15. The molecule has 178 valence electrons. The molecule has 2 aromatic carbocycles. The van der Waals surface area contributed by atoms with Crippen LogP contribution in [0, 0.1) is 5.92 Å². The number of carbonyl (C=O) groups excluding carboxylic acids is 2. The van der Waals surface area contributed by atoms with Crippen molar-refractivity contribution >= 4 is 35.0 Å². The molecular weight excluding hydrogens is 467 g/mol. The fraction of sp³-hybridized carbons (Fsp3) is 0.417. The second-order valence-electron chi connectivity index (χ2n) is 7.80. The maximum Gasteiger partial charge on any atom is 0.255 e. The Balaban J connectivity index is 1.99. The van der Waals surface area contributed by atoms with Gasteiger partial charge in [0, 0.05) is 30.6 Å². The SMILES string of the molecule is CCCNC(=O)[C@@H]1CN(C(=O)c2ccc(Cl)cc2Cl)C[C@H]1c1cc(OC)c(OC)c(OC)c1. The number of ether oxygens (including phenoxy) is 3. The Bertz CT molecular complexity index is 1000. The molecule has 1 heterocycles. The summed E-state index contributed by atoms with van der Waals surface area (Å²) in [6, 6.07) is 8.42. The van der Waals surface area contributed by atoms with E-state index in [0.29, 0.717) is 40.9 Å². The van der Waals surface area contributed by atoms with Gasteiger partial charge in [0.2, 0.25) is 11.7 Å². The first-order valence-electron chi connectivity index (χ1n) is 10.7. The van der Waals surface area contributed by atoms with E-state index in [4.69, 9.17) is 37.4 Å². The number of hydrogen-bond acceptors (Lipinski definition) is 5. The van der Waals surface area contributed by atoms with Crippen molar-refractivity contribution in [3.8, 4) is 17.2 Å². The number of likely N-dealkylation sites (tertiary alicyclic amines) is 1. The van der Waals surface area contributed by atoms with Gasteiger partial charge in [-0.15, -0.1) is 0 Å². The molecule has 2 amide bonds. The van der Waals surface area contributed by atoms with Crippen LogP contribution >= 0.6 is 23.2 Å². The van der Waals surface area contributed by atoms with Crippen LogP contribution in [0.25, 0.3) is 0 Å². The standard InChI is InChI=1S/C24H28Cl2N2O5/c1-5-8-27-23(29)18-13-28(24(30)16-7-6-15(25)11-19(16)26)12-17(18)14-9-20(31-2)22(33-4)21(10-14)32-3/h6-7,9-11,17-18H,5,8,12-13H2,1-4H3,(H,27,29)/t17-,18+/m0/s1. The predicted octanol–water partition coefficient (Wildman–Crippen LogP) is 4.40. The highest BCUT2D eigenvalue weighted by molar-refractivity contribution is 6.36. The Morgan fingerprint density at radius 1 is 1.03 bits per heavy atom. The summed E-state index contributed by atoms with van der Waals surface area (Å²) in [6.07, 6.45) is 0.816. The van der Waals surface area contributed by atoms with Crippen LogP contribution in [0.5, 0.6) is 17.2 Å². The van der Waals surface area contributed by atoms with E-state index in [1.54, 1.807) is 31.3 Å². The molecule has 0 aromatic heterocycles. The third kappa shape index (κ3) is 5.31. The number of amides is 2. The lowest BCUT2D eigenvalue weighted by molar-refractivity contribution is -0.124. The molecule has 0 aliphatic carbocycles. The van der Waals surface area contributed by atoms with Gasteiger partial charge in [-0.1, -0.05) is 30.1 Å². The van der Waals surface area contributed by atoms with Crippen molar-refractivity contribution in [2.75, 3.05) is 41.0 Å². The van der Waals surface area contributed by atoms with Gasteiger partial charge in [-0.25, -0.2) is 0 Å². The van der Waals surface area contributed by atoms with Gasteiger partial charge in [-0.2, -0.15) is 0 Å². The molecule has 9 heteroatoms. The van der Waals surface area contributed by atoms with Gasteiger partial charge < -0.3 is 24.4 Å². The van der Waals surface area contributed by atoms with Crippen molar-refractivity contribution in [1.29, 1.82) is 0 Å². The van der Waals surface area contributed by atoms with Crippen LogP contribution in [-0.4, -0.2) is 57.7 Å². The number of halogens is 2. The van der Waals surface area contributed by atoms with Crippen molar-refractivity contribution in [2.45, 2.75) is 19.3 Å². The zero-order valence-corrected chi connectivity index (χ0v) is 20.6. The maximum atomic E-state index is 13.3. The normalized spacial score (nSPS) is 17.6. The highest BCUT2D eigenvalue weighted by Gasteiger charge is 2.41.